The average molecular weight is 191 g/mol. The predicted octanol–water partition coefficient (Wildman–Crippen LogP) is 2.14. The first-order chi connectivity index (χ1) is 6.86. The van der Waals surface area contributed by atoms with Crippen molar-refractivity contribution in [3.63, 3.8) is 0 Å². The van der Waals surface area contributed by atoms with Crippen LogP contribution < -0.4 is 10.5 Å². The second kappa shape index (κ2) is 6.22. The number of benzene rings is 1. The summed E-state index contributed by atoms with van der Waals surface area (Å²) < 4.78 is 5.08. The fraction of sp³-hybridized carbons (Fsp3) is 0.333. The summed E-state index contributed by atoms with van der Waals surface area (Å²) >= 11 is 0. The monoisotopic (exact) mass is 191 g/mol. The Morgan fingerprint density at radius 2 is 1.93 bits per heavy atom. The van der Waals surface area contributed by atoms with Crippen LogP contribution in [-0.4, -0.2) is 13.7 Å². The summed E-state index contributed by atoms with van der Waals surface area (Å²) in [6.07, 6.45) is 6.18. The highest BCUT2D eigenvalue weighted by molar-refractivity contribution is 5.28. The molecule has 1 aromatic carbocycles. The second-order valence-corrected chi connectivity index (χ2v) is 3.10. The Hall–Kier alpha value is -1.28. The lowest BCUT2D eigenvalue weighted by Crippen LogP contribution is -1.95. The summed E-state index contributed by atoms with van der Waals surface area (Å²) in [6, 6.07) is 8.11. The fourth-order valence-electron chi connectivity index (χ4n) is 1.20. The van der Waals surface area contributed by atoms with Gasteiger partial charge in [0.05, 0.1) is 7.11 Å². The molecule has 0 fully saturated rings. The van der Waals surface area contributed by atoms with Crippen molar-refractivity contribution in [3.05, 3.63) is 42.0 Å². The Kier molecular flexibility index (Phi) is 4.79. The zero-order valence-corrected chi connectivity index (χ0v) is 8.57. The summed E-state index contributed by atoms with van der Waals surface area (Å²) in [5.41, 5.74) is 6.67. The van der Waals surface area contributed by atoms with E-state index in [1.807, 2.05) is 12.1 Å². The molecule has 14 heavy (non-hydrogen) atoms. The van der Waals surface area contributed by atoms with Crippen molar-refractivity contribution in [2.75, 3.05) is 13.7 Å². The third-order valence-electron chi connectivity index (χ3n) is 2.01. The molecular weight excluding hydrogens is 174 g/mol. The van der Waals surface area contributed by atoms with E-state index in [2.05, 4.69) is 24.3 Å². The minimum Gasteiger partial charge on any atom is -0.497 e. The maximum absolute atomic E-state index is 5.38. The van der Waals surface area contributed by atoms with Crippen LogP contribution >= 0.6 is 0 Å². The second-order valence-electron chi connectivity index (χ2n) is 3.10. The van der Waals surface area contributed by atoms with Gasteiger partial charge in [-0.1, -0.05) is 24.3 Å². The van der Waals surface area contributed by atoms with E-state index in [9.17, 15) is 0 Å². The van der Waals surface area contributed by atoms with Crippen molar-refractivity contribution in [1.82, 2.24) is 0 Å². The molecule has 2 N–H and O–H groups in total. The zero-order valence-electron chi connectivity index (χ0n) is 8.57. The lowest BCUT2D eigenvalue weighted by molar-refractivity contribution is 0.414. The van der Waals surface area contributed by atoms with Crippen LogP contribution in [0.4, 0.5) is 0 Å². The number of hydrogen-bond acceptors (Lipinski definition) is 2. The third kappa shape index (κ3) is 3.62. The number of nitrogens with two attached hydrogens (primary N) is 1. The molecule has 1 rings (SSSR count). The maximum atomic E-state index is 5.38. The van der Waals surface area contributed by atoms with E-state index < -0.39 is 0 Å². The Labute approximate surface area is 85.4 Å². The quantitative estimate of drug-likeness (QED) is 0.724. The first-order valence-corrected chi connectivity index (χ1v) is 4.85. The van der Waals surface area contributed by atoms with Crippen molar-refractivity contribution in [1.29, 1.82) is 0 Å². The van der Waals surface area contributed by atoms with Crippen molar-refractivity contribution in [2.45, 2.75) is 12.8 Å². The van der Waals surface area contributed by atoms with E-state index in [4.69, 9.17) is 10.5 Å². The SMILES string of the molecule is COc1ccc(C/C=C\CCN)cc1. The molecule has 1 aromatic rings. The number of methoxy groups -OCH3 is 1. The molecule has 2 nitrogen and oxygen atoms in total. The van der Waals surface area contributed by atoms with Gasteiger partial charge in [-0.15, -0.1) is 0 Å². The Bertz CT molecular complexity index is 277. The Balaban J connectivity index is 2.43. The summed E-state index contributed by atoms with van der Waals surface area (Å²) in [6.45, 7) is 0.721. The molecule has 0 saturated carbocycles. The fourth-order valence-corrected chi connectivity index (χ4v) is 1.20. The molecule has 0 heterocycles. The number of hydrogen-bond donors (Lipinski definition) is 1. The lowest BCUT2D eigenvalue weighted by Gasteiger charge is -2.00. The summed E-state index contributed by atoms with van der Waals surface area (Å²) in [5.74, 6) is 0.902. The first-order valence-electron chi connectivity index (χ1n) is 4.85. The highest BCUT2D eigenvalue weighted by atomic mass is 16.5. The van der Waals surface area contributed by atoms with Gasteiger partial charge in [-0.3, -0.25) is 0 Å². The van der Waals surface area contributed by atoms with Gasteiger partial charge in [0.25, 0.3) is 0 Å². The number of allylic oxidation sites excluding steroid dienone is 1. The van der Waals surface area contributed by atoms with Gasteiger partial charge in [0.1, 0.15) is 5.75 Å². The van der Waals surface area contributed by atoms with Crippen LogP contribution in [-0.2, 0) is 6.42 Å². The Morgan fingerprint density at radius 1 is 1.21 bits per heavy atom. The molecule has 0 atom stereocenters. The van der Waals surface area contributed by atoms with Crippen LogP contribution in [0.15, 0.2) is 36.4 Å². The van der Waals surface area contributed by atoms with E-state index in [1.54, 1.807) is 7.11 Å². The Morgan fingerprint density at radius 3 is 2.50 bits per heavy atom. The maximum Gasteiger partial charge on any atom is 0.118 e. The van der Waals surface area contributed by atoms with Crippen LogP contribution in [0.2, 0.25) is 0 Å². The topological polar surface area (TPSA) is 35.2 Å². The van der Waals surface area contributed by atoms with E-state index in [1.165, 1.54) is 5.56 Å². The van der Waals surface area contributed by atoms with Gasteiger partial charge in [0.15, 0.2) is 0 Å². The predicted molar refractivity (Wildman–Crippen MR) is 59.5 cm³/mol. The molecular formula is C12H17NO. The van der Waals surface area contributed by atoms with Gasteiger partial charge < -0.3 is 10.5 Å². The van der Waals surface area contributed by atoms with Gasteiger partial charge in [0, 0.05) is 0 Å². The van der Waals surface area contributed by atoms with Crippen LogP contribution in [0.1, 0.15) is 12.0 Å². The lowest BCUT2D eigenvalue weighted by atomic mass is 10.1. The molecule has 0 radical (unpaired) electrons. The van der Waals surface area contributed by atoms with Crippen molar-refractivity contribution in [2.24, 2.45) is 5.73 Å². The summed E-state index contributed by atoms with van der Waals surface area (Å²) in [4.78, 5) is 0. The van der Waals surface area contributed by atoms with Gasteiger partial charge >= 0.3 is 0 Å². The summed E-state index contributed by atoms with van der Waals surface area (Å²) in [5, 5.41) is 0. The highest BCUT2D eigenvalue weighted by Gasteiger charge is 1.91. The number of ether oxygens (including phenoxy) is 1. The van der Waals surface area contributed by atoms with Gasteiger partial charge in [-0.25, -0.2) is 0 Å². The van der Waals surface area contributed by atoms with Crippen LogP contribution in [0.3, 0.4) is 0 Å². The molecule has 0 bridgehead atoms. The molecule has 0 saturated heterocycles. The molecule has 0 aliphatic carbocycles. The molecule has 2 heteroatoms. The highest BCUT2D eigenvalue weighted by Crippen LogP contribution is 2.11. The van der Waals surface area contributed by atoms with Crippen molar-refractivity contribution >= 4 is 0 Å². The largest absolute Gasteiger partial charge is 0.497 e. The van der Waals surface area contributed by atoms with Crippen molar-refractivity contribution < 1.29 is 4.74 Å². The van der Waals surface area contributed by atoms with Gasteiger partial charge in [-0.2, -0.15) is 0 Å². The van der Waals surface area contributed by atoms with Crippen LogP contribution in [0, 0.1) is 0 Å². The average Bonchev–Trinajstić information content (AvgIpc) is 2.25. The molecule has 0 aromatic heterocycles. The molecule has 0 aliphatic rings. The van der Waals surface area contributed by atoms with Crippen LogP contribution in [0.25, 0.3) is 0 Å². The van der Waals surface area contributed by atoms with E-state index in [0.717, 1.165) is 25.1 Å². The van der Waals surface area contributed by atoms with Crippen molar-refractivity contribution in [3.8, 4) is 5.75 Å². The standard InChI is InChI=1S/C12H17NO/c1-14-12-8-6-11(7-9-12)5-3-2-4-10-13/h2-3,6-9H,4-5,10,13H2,1H3/b3-2-. The molecule has 0 aliphatic heterocycles. The molecule has 0 unspecified atom stereocenters. The minimum absolute atomic E-state index is 0.721. The van der Waals surface area contributed by atoms with E-state index >= 15 is 0 Å². The minimum atomic E-state index is 0.721. The smallest absolute Gasteiger partial charge is 0.118 e. The molecule has 0 spiro atoms. The number of rotatable bonds is 5. The van der Waals surface area contributed by atoms with Gasteiger partial charge in [0.2, 0.25) is 0 Å². The van der Waals surface area contributed by atoms with E-state index in [-0.39, 0.29) is 0 Å². The van der Waals surface area contributed by atoms with E-state index in [0.29, 0.717) is 0 Å². The zero-order chi connectivity index (χ0) is 10.2. The molecule has 0 amide bonds. The first kappa shape index (κ1) is 10.8. The molecule has 76 valence electrons. The van der Waals surface area contributed by atoms with Crippen LogP contribution in [0.5, 0.6) is 5.75 Å². The summed E-state index contributed by atoms with van der Waals surface area (Å²) in [7, 11) is 1.68. The normalized spacial score (nSPS) is 10.7. The van der Waals surface area contributed by atoms with Gasteiger partial charge in [-0.05, 0) is 37.1 Å². The third-order valence-corrected chi connectivity index (χ3v) is 2.01.